The molecule has 0 spiro atoms. The van der Waals surface area contributed by atoms with Gasteiger partial charge in [-0.1, -0.05) is 18.2 Å². The van der Waals surface area contributed by atoms with Crippen LogP contribution in [0.3, 0.4) is 0 Å². The summed E-state index contributed by atoms with van der Waals surface area (Å²) in [6, 6.07) is 9.09. The van der Waals surface area contributed by atoms with Crippen molar-refractivity contribution in [1.29, 1.82) is 0 Å². The predicted octanol–water partition coefficient (Wildman–Crippen LogP) is 1.94. The summed E-state index contributed by atoms with van der Waals surface area (Å²) in [7, 11) is 1.66. The lowest BCUT2D eigenvalue weighted by molar-refractivity contribution is 0.295. The van der Waals surface area contributed by atoms with Crippen LogP contribution in [-0.4, -0.2) is 7.11 Å². The number of anilines is 1. The molecule has 1 radical (unpaired) electrons. The van der Waals surface area contributed by atoms with Gasteiger partial charge in [0, 0.05) is 6.07 Å². The Balaban J connectivity index is 2.31. The minimum atomic E-state index is 0.810. The number of allylic oxidation sites excluding steroid dienone is 1. The number of fused-ring (bicyclic) bond motifs is 1. The lowest BCUT2D eigenvalue weighted by Gasteiger charge is -2.17. The zero-order valence-electron chi connectivity index (χ0n) is 6.92. The quantitative estimate of drug-likeness (QED) is 0.677. The fraction of sp³-hybridized carbons (Fsp3) is 0.200. The maximum Gasteiger partial charge on any atom is 0.187 e. The number of methoxy groups -OCH3 is 1. The predicted molar refractivity (Wildman–Crippen MR) is 47.7 cm³/mol. The Morgan fingerprint density at radius 2 is 2.50 bits per heavy atom. The first-order valence-electron chi connectivity index (χ1n) is 3.91. The largest absolute Gasteiger partial charge is 0.482 e. The van der Waals surface area contributed by atoms with Crippen LogP contribution in [0.1, 0.15) is 5.56 Å². The number of ether oxygens (including phenoxy) is 1. The van der Waals surface area contributed by atoms with E-state index >= 15 is 0 Å². The summed E-state index contributed by atoms with van der Waals surface area (Å²) in [5, 5.41) is 3.13. The van der Waals surface area contributed by atoms with E-state index in [0.29, 0.717) is 0 Å². The smallest absolute Gasteiger partial charge is 0.187 e. The maximum absolute atomic E-state index is 5.08. The Bertz CT molecular complexity index is 317. The normalized spacial score (nSPS) is 14.2. The summed E-state index contributed by atoms with van der Waals surface area (Å²) in [6.07, 6.45) is 2.94. The maximum atomic E-state index is 5.08. The molecule has 0 fully saturated rings. The minimum absolute atomic E-state index is 0.810. The lowest BCUT2D eigenvalue weighted by Crippen LogP contribution is -2.08. The van der Waals surface area contributed by atoms with E-state index in [-0.39, 0.29) is 0 Å². The third-order valence-corrected chi connectivity index (χ3v) is 1.92. The van der Waals surface area contributed by atoms with Gasteiger partial charge in [-0.2, -0.15) is 0 Å². The monoisotopic (exact) mass is 160 g/mol. The zero-order chi connectivity index (χ0) is 8.39. The van der Waals surface area contributed by atoms with Crippen molar-refractivity contribution in [3.8, 4) is 0 Å². The van der Waals surface area contributed by atoms with E-state index in [2.05, 4.69) is 17.4 Å². The Kier molecular flexibility index (Phi) is 1.74. The molecular formula is C10H10NO. The number of rotatable bonds is 1. The van der Waals surface area contributed by atoms with Gasteiger partial charge in [-0.25, -0.2) is 0 Å². The van der Waals surface area contributed by atoms with Crippen LogP contribution in [0, 0.1) is 6.07 Å². The number of hydrogen-bond acceptors (Lipinski definition) is 2. The van der Waals surface area contributed by atoms with Gasteiger partial charge in [-0.3, -0.25) is 0 Å². The molecule has 1 aliphatic rings. The van der Waals surface area contributed by atoms with Gasteiger partial charge in [0.1, 0.15) is 0 Å². The van der Waals surface area contributed by atoms with Gasteiger partial charge in [-0.15, -0.1) is 0 Å². The summed E-state index contributed by atoms with van der Waals surface area (Å²) in [4.78, 5) is 0. The molecule has 1 aliphatic heterocycles. The Hall–Kier alpha value is -1.44. The van der Waals surface area contributed by atoms with Gasteiger partial charge >= 0.3 is 0 Å². The molecule has 12 heavy (non-hydrogen) atoms. The van der Waals surface area contributed by atoms with Crippen molar-refractivity contribution in [2.24, 2.45) is 0 Å². The Morgan fingerprint density at radius 3 is 3.33 bits per heavy atom. The van der Waals surface area contributed by atoms with Crippen LogP contribution in [0.25, 0.3) is 0 Å². The molecule has 1 aromatic carbocycles. The van der Waals surface area contributed by atoms with E-state index in [9.17, 15) is 0 Å². The Morgan fingerprint density at radius 1 is 1.58 bits per heavy atom. The van der Waals surface area contributed by atoms with Crippen molar-refractivity contribution in [2.45, 2.75) is 6.42 Å². The van der Waals surface area contributed by atoms with Crippen molar-refractivity contribution in [2.75, 3.05) is 12.4 Å². The number of benzene rings is 1. The molecule has 0 atom stereocenters. The highest BCUT2D eigenvalue weighted by Gasteiger charge is 2.08. The van der Waals surface area contributed by atoms with Crippen LogP contribution >= 0.6 is 0 Å². The highest BCUT2D eigenvalue weighted by molar-refractivity contribution is 5.56. The third kappa shape index (κ3) is 1.16. The summed E-state index contributed by atoms with van der Waals surface area (Å²) in [5.41, 5.74) is 2.29. The van der Waals surface area contributed by atoms with E-state index in [1.807, 2.05) is 18.2 Å². The van der Waals surface area contributed by atoms with Crippen LogP contribution in [-0.2, 0) is 11.2 Å². The molecule has 61 valence electrons. The van der Waals surface area contributed by atoms with Gasteiger partial charge in [0.15, 0.2) is 5.88 Å². The molecule has 1 aromatic rings. The van der Waals surface area contributed by atoms with Crippen LogP contribution in [0.4, 0.5) is 5.69 Å². The van der Waals surface area contributed by atoms with E-state index in [4.69, 9.17) is 4.74 Å². The molecule has 0 aromatic heterocycles. The molecular weight excluding hydrogens is 150 g/mol. The molecule has 2 nitrogen and oxygen atoms in total. The van der Waals surface area contributed by atoms with Gasteiger partial charge in [0.25, 0.3) is 0 Å². The van der Waals surface area contributed by atoms with Gasteiger partial charge in [0.2, 0.25) is 0 Å². The van der Waals surface area contributed by atoms with Crippen LogP contribution < -0.4 is 5.32 Å². The molecule has 2 heteroatoms. The molecule has 0 aliphatic carbocycles. The second-order valence-electron chi connectivity index (χ2n) is 2.67. The SMILES string of the molecule is COC1=CCc2ccc[c]c2N1. The fourth-order valence-electron chi connectivity index (χ4n) is 1.27. The Labute approximate surface area is 71.9 Å². The van der Waals surface area contributed by atoms with Crippen molar-refractivity contribution in [1.82, 2.24) is 0 Å². The highest BCUT2D eigenvalue weighted by atomic mass is 16.5. The highest BCUT2D eigenvalue weighted by Crippen LogP contribution is 2.21. The van der Waals surface area contributed by atoms with E-state index in [1.165, 1.54) is 5.56 Å². The molecule has 0 amide bonds. The van der Waals surface area contributed by atoms with Crippen molar-refractivity contribution >= 4 is 5.69 Å². The molecule has 2 rings (SSSR count). The van der Waals surface area contributed by atoms with Crippen molar-refractivity contribution in [3.05, 3.63) is 41.8 Å². The van der Waals surface area contributed by atoms with Crippen LogP contribution in [0.5, 0.6) is 0 Å². The number of nitrogens with one attached hydrogen (secondary N) is 1. The standard InChI is InChI=1S/C10H10NO/c1-12-10-7-6-8-4-2-3-5-9(8)11-10/h2-4,7,11H,6H2,1H3. The average Bonchev–Trinajstić information content (AvgIpc) is 2.17. The summed E-state index contributed by atoms with van der Waals surface area (Å²) in [6.45, 7) is 0. The second-order valence-corrected chi connectivity index (χ2v) is 2.67. The summed E-state index contributed by atoms with van der Waals surface area (Å²) in [5.74, 6) is 0.810. The van der Waals surface area contributed by atoms with Crippen molar-refractivity contribution in [3.63, 3.8) is 0 Å². The summed E-state index contributed by atoms with van der Waals surface area (Å²) >= 11 is 0. The summed E-state index contributed by atoms with van der Waals surface area (Å²) < 4.78 is 5.08. The van der Waals surface area contributed by atoms with E-state index < -0.39 is 0 Å². The van der Waals surface area contributed by atoms with E-state index in [0.717, 1.165) is 18.0 Å². The first-order chi connectivity index (χ1) is 5.90. The molecule has 0 bridgehead atoms. The van der Waals surface area contributed by atoms with Gasteiger partial charge in [-0.05, 0) is 18.1 Å². The number of hydrogen-bond donors (Lipinski definition) is 1. The van der Waals surface area contributed by atoms with Crippen molar-refractivity contribution < 1.29 is 4.74 Å². The molecule has 0 saturated carbocycles. The van der Waals surface area contributed by atoms with Crippen LogP contribution in [0.15, 0.2) is 30.2 Å². The number of para-hydroxylation sites is 1. The third-order valence-electron chi connectivity index (χ3n) is 1.92. The second kappa shape index (κ2) is 2.89. The topological polar surface area (TPSA) is 21.3 Å². The molecule has 1 N–H and O–H groups in total. The molecule has 1 heterocycles. The first kappa shape index (κ1) is 7.22. The molecule has 0 unspecified atom stereocenters. The van der Waals surface area contributed by atoms with Gasteiger partial charge in [0.05, 0.1) is 12.8 Å². The first-order valence-corrected chi connectivity index (χ1v) is 3.91. The minimum Gasteiger partial charge on any atom is -0.482 e. The van der Waals surface area contributed by atoms with Gasteiger partial charge < -0.3 is 10.1 Å². The van der Waals surface area contributed by atoms with E-state index in [1.54, 1.807) is 7.11 Å². The average molecular weight is 160 g/mol. The zero-order valence-corrected chi connectivity index (χ0v) is 6.92. The van der Waals surface area contributed by atoms with Crippen LogP contribution in [0.2, 0.25) is 0 Å². The molecule has 0 saturated heterocycles. The lowest BCUT2D eigenvalue weighted by atomic mass is 10.1. The fourth-order valence-corrected chi connectivity index (χ4v) is 1.27.